The maximum Gasteiger partial charge on any atom is 0.0766 e. The molecule has 58 valence electrons. The Bertz CT molecular complexity index is 219. The minimum Gasteiger partial charge on any atom is -0.264 e. The van der Waals surface area contributed by atoms with Gasteiger partial charge in [-0.2, -0.15) is 0 Å². The highest BCUT2D eigenvalue weighted by Gasteiger charge is 2.17. The standard InChI is InChI=1S/C8H9NS2/c1-2-7(6-9-3-1)8-10-4-5-11-8/h1-3,6,8H,4-5H2. The normalized spacial score (nSPS) is 18.9. The van der Waals surface area contributed by atoms with Gasteiger partial charge in [0, 0.05) is 23.9 Å². The fourth-order valence-electron chi connectivity index (χ4n) is 1.07. The van der Waals surface area contributed by atoms with Crippen molar-refractivity contribution in [2.24, 2.45) is 0 Å². The Labute approximate surface area is 75.0 Å². The molecule has 0 saturated carbocycles. The first-order valence-corrected chi connectivity index (χ1v) is 5.70. The minimum absolute atomic E-state index is 0.642. The van der Waals surface area contributed by atoms with E-state index in [-0.39, 0.29) is 0 Å². The molecule has 0 amide bonds. The summed E-state index contributed by atoms with van der Waals surface area (Å²) in [6.07, 6.45) is 3.80. The van der Waals surface area contributed by atoms with E-state index in [0.29, 0.717) is 4.58 Å². The summed E-state index contributed by atoms with van der Waals surface area (Å²) in [6, 6.07) is 4.16. The van der Waals surface area contributed by atoms with Gasteiger partial charge >= 0.3 is 0 Å². The van der Waals surface area contributed by atoms with E-state index < -0.39 is 0 Å². The Balaban J connectivity index is 2.16. The molecule has 1 nitrogen and oxygen atoms in total. The van der Waals surface area contributed by atoms with Gasteiger partial charge in [0.25, 0.3) is 0 Å². The van der Waals surface area contributed by atoms with Crippen LogP contribution in [-0.2, 0) is 0 Å². The van der Waals surface area contributed by atoms with Crippen molar-refractivity contribution in [2.45, 2.75) is 4.58 Å². The zero-order valence-electron chi connectivity index (χ0n) is 6.06. The van der Waals surface area contributed by atoms with E-state index in [0.717, 1.165) is 0 Å². The van der Waals surface area contributed by atoms with E-state index >= 15 is 0 Å². The lowest BCUT2D eigenvalue weighted by atomic mass is 10.3. The Hall–Kier alpha value is -0.150. The number of rotatable bonds is 1. The van der Waals surface area contributed by atoms with Crippen LogP contribution in [0.1, 0.15) is 10.1 Å². The Kier molecular flexibility index (Phi) is 2.38. The molecule has 0 unspecified atom stereocenters. The van der Waals surface area contributed by atoms with E-state index in [1.54, 1.807) is 0 Å². The number of aromatic nitrogens is 1. The van der Waals surface area contributed by atoms with E-state index in [9.17, 15) is 0 Å². The summed E-state index contributed by atoms with van der Waals surface area (Å²) in [4.78, 5) is 4.10. The van der Waals surface area contributed by atoms with Crippen molar-refractivity contribution in [1.82, 2.24) is 4.98 Å². The number of thioether (sulfide) groups is 2. The van der Waals surface area contributed by atoms with Crippen molar-refractivity contribution in [3.8, 4) is 0 Å². The van der Waals surface area contributed by atoms with Gasteiger partial charge in [-0.1, -0.05) is 6.07 Å². The molecule has 1 saturated heterocycles. The first kappa shape index (κ1) is 7.50. The predicted molar refractivity (Wildman–Crippen MR) is 51.9 cm³/mol. The second-order valence-electron chi connectivity index (χ2n) is 2.36. The van der Waals surface area contributed by atoms with Crippen LogP contribution in [0.15, 0.2) is 24.5 Å². The van der Waals surface area contributed by atoms with Crippen molar-refractivity contribution >= 4 is 23.5 Å². The lowest BCUT2D eigenvalue weighted by molar-refractivity contribution is 1.24. The lowest BCUT2D eigenvalue weighted by Gasteiger charge is -2.05. The quantitative estimate of drug-likeness (QED) is 0.664. The summed E-state index contributed by atoms with van der Waals surface area (Å²) in [5.41, 5.74) is 1.36. The summed E-state index contributed by atoms with van der Waals surface area (Å²) in [5, 5.41) is 0. The van der Waals surface area contributed by atoms with Crippen LogP contribution in [0.2, 0.25) is 0 Å². The highest BCUT2D eigenvalue weighted by molar-refractivity contribution is 8.19. The van der Waals surface area contributed by atoms with Crippen molar-refractivity contribution in [3.63, 3.8) is 0 Å². The maximum atomic E-state index is 4.10. The Morgan fingerprint density at radius 1 is 1.36 bits per heavy atom. The van der Waals surface area contributed by atoms with E-state index in [1.807, 2.05) is 42.0 Å². The Morgan fingerprint density at radius 2 is 2.18 bits per heavy atom. The Morgan fingerprint density at radius 3 is 2.82 bits per heavy atom. The van der Waals surface area contributed by atoms with Crippen LogP contribution in [-0.4, -0.2) is 16.5 Å². The summed E-state index contributed by atoms with van der Waals surface area (Å²) < 4.78 is 0.642. The molecular formula is C8H9NS2. The van der Waals surface area contributed by atoms with E-state index in [4.69, 9.17) is 0 Å². The van der Waals surface area contributed by atoms with Crippen LogP contribution < -0.4 is 0 Å². The smallest absolute Gasteiger partial charge is 0.0766 e. The van der Waals surface area contributed by atoms with E-state index in [2.05, 4.69) is 11.1 Å². The van der Waals surface area contributed by atoms with Crippen molar-refractivity contribution in [3.05, 3.63) is 30.1 Å². The number of hydrogen-bond acceptors (Lipinski definition) is 3. The van der Waals surface area contributed by atoms with Gasteiger partial charge in [-0.15, -0.1) is 23.5 Å². The van der Waals surface area contributed by atoms with Crippen molar-refractivity contribution in [1.29, 1.82) is 0 Å². The zero-order valence-corrected chi connectivity index (χ0v) is 7.70. The maximum absolute atomic E-state index is 4.10. The molecule has 0 aromatic carbocycles. The molecule has 11 heavy (non-hydrogen) atoms. The number of hydrogen-bond donors (Lipinski definition) is 0. The second kappa shape index (κ2) is 3.50. The molecule has 0 aliphatic carbocycles. The van der Waals surface area contributed by atoms with Gasteiger partial charge < -0.3 is 0 Å². The molecule has 3 heteroatoms. The van der Waals surface area contributed by atoms with Crippen LogP contribution in [0.25, 0.3) is 0 Å². The van der Waals surface area contributed by atoms with Gasteiger partial charge in [0.2, 0.25) is 0 Å². The van der Waals surface area contributed by atoms with Crippen LogP contribution in [0.4, 0.5) is 0 Å². The summed E-state index contributed by atoms with van der Waals surface area (Å²) >= 11 is 4.04. The van der Waals surface area contributed by atoms with Crippen LogP contribution in [0.3, 0.4) is 0 Å². The summed E-state index contributed by atoms with van der Waals surface area (Å²) in [6.45, 7) is 0. The molecule has 0 atom stereocenters. The molecule has 2 heterocycles. The SMILES string of the molecule is c1cncc(C2SCCS2)c1. The first-order chi connectivity index (χ1) is 5.47. The molecule has 0 radical (unpaired) electrons. The van der Waals surface area contributed by atoms with Crippen LogP contribution in [0.5, 0.6) is 0 Å². The van der Waals surface area contributed by atoms with Gasteiger partial charge in [0.05, 0.1) is 4.58 Å². The van der Waals surface area contributed by atoms with Gasteiger partial charge in [-0.25, -0.2) is 0 Å². The van der Waals surface area contributed by atoms with Gasteiger partial charge in [-0.3, -0.25) is 4.98 Å². The van der Waals surface area contributed by atoms with Crippen molar-refractivity contribution in [2.75, 3.05) is 11.5 Å². The largest absolute Gasteiger partial charge is 0.264 e. The van der Waals surface area contributed by atoms with Gasteiger partial charge in [0.1, 0.15) is 0 Å². The molecule has 1 fully saturated rings. The number of nitrogens with zero attached hydrogens (tertiary/aromatic N) is 1. The van der Waals surface area contributed by atoms with Gasteiger partial charge in [-0.05, 0) is 11.6 Å². The monoisotopic (exact) mass is 183 g/mol. The third kappa shape index (κ3) is 1.71. The minimum atomic E-state index is 0.642. The highest BCUT2D eigenvalue weighted by Crippen LogP contribution is 2.44. The molecule has 2 rings (SSSR count). The topological polar surface area (TPSA) is 12.9 Å². The summed E-state index contributed by atoms with van der Waals surface area (Å²) in [5.74, 6) is 2.56. The second-order valence-corrected chi connectivity index (χ2v) is 5.08. The fraction of sp³-hybridized carbons (Fsp3) is 0.375. The average molecular weight is 183 g/mol. The molecule has 0 bridgehead atoms. The van der Waals surface area contributed by atoms with Crippen LogP contribution >= 0.6 is 23.5 Å². The average Bonchev–Trinajstić information content (AvgIpc) is 2.58. The van der Waals surface area contributed by atoms with Gasteiger partial charge in [0.15, 0.2) is 0 Å². The van der Waals surface area contributed by atoms with Crippen molar-refractivity contribution < 1.29 is 0 Å². The fourth-order valence-corrected chi connectivity index (χ4v) is 3.89. The number of pyridine rings is 1. The van der Waals surface area contributed by atoms with E-state index in [1.165, 1.54) is 17.1 Å². The molecular weight excluding hydrogens is 174 g/mol. The highest BCUT2D eigenvalue weighted by atomic mass is 32.2. The third-order valence-electron chi connectivity index (χ3n) is 1.58. The molecule has 0 N–H and O–H groups in total. The molecule has 1 aliphatic rings. The zero-order chi connectivity index (χ0) is 7.52. The first-order valence-electron chi connectivity index (χ1n) is 3.60. The third-order valence-corrected chi connectivity index (χ3v) is 4.68. The molecule has 1 aliphatic heterocycles. The lowest BCUT2D eigenvalue weighted by Crippen LogP contribution is -1.84. The predicted octanol–water partition coefficient (Wildman–Crippen LogP) is 2.56. The molecule has 1 aromatic heterocycles. The molecule has 0 spiro atoms. The summed E-state index contributed by atoms with van der Waals surface area (Å²) in [7, 11) is 0. The molecule has 1 aromatic rings. The van der Waals surface area contributed by atoms with Crippen LogP contribution in [0, 0.1) is 0 Å².